The monoisotopic (exact) mass is 396 g/mol. The van der Waals surface area contributed by atoms with E-state index in [-0.39, 0.29) is 18.2 Å². The van der Waals surface area contributed by atoms with Gasteiger partial charge in [0, 0.05) is 30.3 Å². The van der Waals surface area contributed by atoms with E-state index < -0.39 is 22.9 Å². The highest BCUT2D eigenvalue weighted by molar-refractivity contribution is 7.90. The first kappa shape index (κ1) is 20.1. The molecular formula is C15H17FN6O2S2. The number of rotatable bonds is 7. The molecule has 0 aromatic carbocycles. The van der Waals surface area contributed by atoms with E-state index in [0.29, 0.717) is 21.3 Å². The topological polar surface area (TPSA) is 118 Å². The van der Waals surface area contributed by atoms with E-state index in [1.807, 2.05) is 0 Å². The van der Waals surface area contributed by atoms with Crippen LogP contribution in [0.2, 0.25) is 0 Å². The van der Waals surface area contributed by atoms with Crippen LogP contribution in [0.1, 0.15) is 5.69 Å². The molecule has 8 nitrogen and oxygen atoms in total. The van der Waals surface area contributed by atoms with Crippen LogP contribution >= 0.6 is 11.3 Å². The van der Waals surface area contributed by atoms with Crippen molar-refractivity contribution in [1.82, 2.24) is 9.97 Å². The van der Waals surface area contributed by atoms with Gasteiger partial charge in [0.25, 0.3) is 0 Å². The number of hydrogen-bond donors (Lipinski definition) is 0. The molecule has 0 bridgehead atoms. The lowest BCUT2D eigenvalue weighted by atomic mass is 10.1. The maximum atomic E-state index is 13.4. The summed E-state index contributed by atoms with van der Waals surface area (Å²) in [7, 11) is 1.58. The fourth-order valence-corrected chi connectivity index (χ4v) is 4.18. The van der Waals surface area contributed by atoms with E-state index in [1.165, 1.54) is 34.8 Å². The summed E-state index contributed by atoms with van der Waals surface area (Å²) in [5.74, 6) is -1.38. The molecule has 0 aliphatic carbocycles. The molecule has 2 heterocycles. The zero-order valence-electron chi connectivity index (χ0n) is 14.4. The molecule has 0 spiro atoms. The van der Waals surface area contributed by atoms with Crippen molar-refractivity contribution in [2.45, 2.75) is 6.92 Å². The van der Waals surface area contributed by atoms with Crippen molar-refractivity contribution in [3.05, 3.63) is 40.4 Å². The van der Waals surface area contributed by atoms with Crippen LogP contribution in [0, 0.1) is 18.7 Å². The van der Waals surface area contributed by atoms with Gasteiger partial charge in [-0.3, -0.25) is 9.78 Å². The molecule has 0 saturated heterocycles. The Kier molecular flexibility index (Phi) is 6.92. The Balaban J connectivity index is 2.28. The fourth-order valence-electron chi connectivity index (χ4n) is 2.35. The lowest BCUT2D eigenvalue weighted by Crippen LogP contribution is -2.37. The van der Waals surface area contributed by atoms with E-state index in [4.69, 9.17) is 5.53 Å². The fraction of sp³-hybridized carbons (Fsp3) is 0.400. The molecule has 0 saturated carbocycles. The van der Waals surface area contributed by atoms with Crippen LogP contribution in [-0.2, 0) is 16.0 Å². The lowest BCUT2D eigenvalue weighted by molar-refractivity contribution is -0.121. The Labute approximate surface area is 156 Å². The minimum atomic E-state index is -1.22. The maximum Gasteiger partial charge on any atom is 0.235 e. The van der Waals surface area contributed by atoms with E-state index in [0.717, 1.165) is 6.20 Å². The van der Waals surface area contributed by atoms with Gasteiger partial charge in [-0.15, -0.1) is 0 Å². The molecule has 0 aliphatic rings. The first-order valence-electron chi connectivity index (χ1n) is 7.50. The minimum absolute atomic E-state index is 0.0716. The van der Waals surface area contributed by atoms with Gasteiger partial charge in [0.15, 0.2) is 0 Å². The number of amides is 1. The molecule has 0 aliphatic heterocycles. The van der Waals surface area contributed by atoms with Crippen LogP contribution in [0.25, 0.3) is 21.0 Å². The number of anilines is 1. The van der Waals surface area contributed by atoms with Crippen molar-refractivity contribution in [3.8, 4) is 10.6 Å². The SMILES string of the molecule is Cc1nc(-c2cncc(F)c2)sc1N(C)C(=O)C(CN=[N+]=[N-])C[S+](C)[O-]. The molecule has 138 valence electrons. The molecule has 2 unspecified atom stereocenters. The number of pyridine rings is 1. The molecule has 0 radical (unpaired) electrons. The molecule has 2 aromatic heterocycles. The molecular weight excluding hydrogens is 379 g/mol. The number of carbonyl (C=O) groups is 1. The van der Waals surface area contributed by atoms with E-state index in [1.54, 1.807) is 14.0 Å². The second kappa shape index (κ2) is 8.95. The second-order valence-corrected chi connectivity index (χ2v) is 8.01. The quantitative estimate of drug-likeness (QED) is 0.309. The summed E-state index contributed by atoms with van der Waals surface area (Å²) < 4.78 is 24.9. The second-order valence-electron chi connectivity index (χ2n) is 5.55. The number of hydrogen-bond acceptors (Lipinski definition) is 6. The molecule has 2 aromatic rings. The van der Waals surface area contributed by atoms with Crippen molar-refractivity contribution < 1.29 is 13.7 Å². The van der Waals surface area contributed by atoms with E-state index >= 15 is 0 Å². The molecule has 0 N–H and O–H groups in total. The number of aromatic nitrogens is 2. The van der Waals surface area contributed by atoms with Crippen molar-refractivity contribution in [3.63, 3.8) is 0 Å². The van der Waals surface area contributed by atoms with Gasteiger partial charge in [0.1, 0.15) is 21.6 Å². The molecule has 0 fully saturated rings. The average Bonchev–Trinajstić information content (AvgIpc) is 2.99. The number of halogens is 1. The standard InChI is InChI=1S/C15H17FN6O2S2/c1-9-15(25-13(20-9)10-4-12(16)7-18-5-10)22(2)14(23)11(6-19-21-17)8-26(3)24/h4-5,7,11H,6,8H2,1-3H3. The summed E-state index contributed by atoms with van der Waals surface area (Å²) >= 11 is 0.00783. The van der Waals surface area contributed by atoms with Gasteiger partial charge < -0.3 is 9.45 Å². The largest absolute Gasteiger partial charge is 0.617 e. The Morgan fingerprint density at radius 2 is 2.31 bits per heavy atom. The highest BCUT2D eigenvalue weighted by atomic mass is 32.2. The van der Waals surface area contributed by atoms with Gasteiger partial charge in [-0.1, -0.05) is 27.6 Å². The van der Waals surface area contributed by atoms with Gasteiger partial charge in [-0.2, -0.15) is 0 Å². The van der Waals surface area contributed by atoms with Crippen LogP contribution in [0.15, 0.2) is 23.6 Å². The maximum absolute atomic E-state index is 13.4. The van der Waals surface area contributed by atoms with Gasteiger partial charge in [-0.05, 0) is 18.5 Å². The normalized spacial score (nSPS) is 13.0. The zero-order valence-corrected chi connectivity index (χ0v) is 16.1. The van der Waals surface area contributed by atoms with E-state index in [2.05, 4.69) is 20.0 Å². The van der Waals surface area contributed by atoms with E-state index in [9.17, 15) is 13.7 Å². The predicted molar refractivity (Wildman–Crippen MR) is 99.9 cm³/mol. The molecule has 1 amide bonds. The molecule has 26 heavy (non-hydrogen) atoms. The number of azide groups is 1. The Bertz CT molecular complexity index is 837. The summed E-state index contributed by atoms with van der Waals surface area (Å²) in [5.41, 5.74) is 9.62. The minimum Gasteiger partial charge on any atom is -0.617 e. The van der Waals surface area contributed by atoms with Gasteiger partial charge in [0.05, 0.1) is 24.1 Å². The third-order valence-electron chi connectivity index (χ3n) is 3.51. The van der Waals surface area contributed by atoms with Crippen LogP contribution in [-0.4, -0.2) is 46.0 Å². The smallest absolute Gasteiger partial charge is 0.235 e. The summed E-state index contributed by atoms with van der Waals surface area (Å²) in [6.45, 7) is 1.67. The first-order valence-corrected chi connectivity index (χ1v) is 10.0. The Morgan fingerprint density at radius 1 is 1.58 bits per heavy atom. The third-order valence-corrected chi connectivity index (χ3v) is 5.66. The third kappa shape index (κ3) is 4.92. The molecule has 2 atom stereocenters. The van der Waals surface area contributed by atoms with Crippen LogP contribution < -0.4 is 4.90 Å². The van der Waals surface area contributed by atoms with Crippen molar-refractivity contribution in [1.29, 1.82) is 0 Å². The number of aryl methyl sites for hydroxylation is 1. The average molecular weight is 396 g/mol. The predicted octanol–water partition coefficient (Wildman–Crippen LogP) is 2.92. The first-order chi connectivity index (χ1) is 12.3. The van der Waals surface area contributed by atoms with Crippen molar-refractivity contribution in [2.24, 2.45) is 11.0 Å². The molecule has 2 rings (SSSR count). The summed E-state index contributed by atoms with van der Waals surface area (Å²) in [4.78, 5) is 25.0. The van der Waals surface area contributed by atoms with Gasteiger partial charge in [-0.25, -0.2) is 9.37 Å². The Hall–Kier alpha value is -2.20. The van der Waals surface area contributed by atoms with Crippen LogP contribution in [0.5, 0.6) is 0 Å². The zero-order chi connectivity index (χ0) is 19.3. The van der Waals surface area contributed by atoms with Crippen LogP contribution in [0.4, 0.5) is 9.39 Å². The van der Waals surface area contributed by atoms with Gasteiger partial charge >= 0.3 is 0 Å². The number of thiazole rings is 1. The highest BCUT2D eigenvalue weighted by Gasteiger charge is 2.28. The lowest BCUT2D eigenvalue weighted by Gasteiger charge is -2.21. The summed E-state index contributed by atoms with van der Waals surface area (Å²) in [6, 6.07) is 1.32. The Morgan fingerprint density at radius 3 is 2.92 bits per heavy atom. The van der Waals surface area contributed by atoms with Crippen LogP contribution in [0.3, 0.4) is 0 Å². The van der Waals surface area contributed by atoms with Crippen molar-refractivity contribution >= 4 is 33.4 Å². The molecule has 11 heteroatoms. The highest BCUT2D eigenvalue weighted by Crippen LogP contribution is 2.34. The van der Waals surface area contributed by atoms with Crippen molar-refractivity contribution in [2.75, 3.05) is 30.5 Å². The summed E-state index contributed by atoms with van der Waals surface area (Å²) in [6.07, 6.45) is 4.09. The number of carbonyl (C=O) groups excluding carboxylic acids is 1. The number of nitrogens with zero attached hydrogens (tertiary/aromatic N) is 6. The summed E-state index contributed by atoms with van der Waals surface area (Å²) in [5, 5.41) is 4.57. The van der Waals surface area contributed by atoms with Gasteiger partial charge in [0.2, 0.25) is 5.91 Å².